The van der Waals surface area contributed by atoms with Crippen LogP contribution >= 0.6 is 0 Å². The third-order valence-electron chi connectivity index (χ3n) is 3.45. The number of carbonyl (C=O) groups excluding carboxylic acids is 1. The molecule has 2 aromatic rings. The number of anilines is 1. The maximum absolute atomic E-state index is 12.0. The summed E-state index contributed by atoms with van der Waals surface area (Å²) in [6.45, 7) is 3.75. The lowest BCUT2D eigenvalue weighted by Gasteiger charge is -2.26. The molecule has 0 spiro atoms. The molecule has 104 valence electrons. The number of carbonyl (C=O) groups is 1. The molecule has 0 radical (unpaired) electrons. The summed E-state index contributed by atoms with van der Waals surface area (Å²) in [5.74, 6) is 2.01. The van der Waals surface area contributed by atoms with E-state index in [0.29, 0.717) is 23.8 Å². The van der Waals surface area contributed by atoms with Gasteiger partial charge in [-0.1, -0.05) is 0 Å². The Balaban J connectivity index is 1.79. The Morgan fingerprint density at radius 2 is 2.30 bits per heavy atom. The van der Waals surface area contributed by atoms with Gasteiger partial charge < -0.3 is 10.6 Å². The van der Waals surface area contributed by atoms with Crippen molar-refractivity contribution in [2.24, 2.45) is 5.92 Å². The van der Waals surface area contributed by atoms with Crippen LogP contribution in [0, 0.1) is 12.8 Å². The lowest BCUT2D eigenvalue weighted by Crippen LogP contribution is -2.43. The molecule has 2 aromatic heterocycles. The predicted octanol–water partition coefficient (Wildman–Crippen LogP) is 1.12. The van der Waals surface area contributed by atoms with Gasteiger partial charge in [0, 0.05) is 25.0 Å². The second-order valence-electron chi connectivity index (χ2n) is 5.00. The number of pyridine rings is 1. The minimum absolute atomic E-state index is 0.0310. The van der Waals surface area contributed by atoms with Crippen molar-refractivity contribution in [3.05, 3.63) is 36.5 Å². The number of hydrogen-bond donors (Lipinski definition) is 2. The zero-order valence-electron chi connectivity index (χ0n) is 11.3. The monoisotopic (exact) mass is 271 g/mol. The summed E-state index contributed by atoms with van der Waals surface area (Å²) >= 11 is 0. The molecule has 1 saturated heterocycles. The topological polar surface area (TPSA) is 71.8 Å². The zero-order chi connectivity index (χ0) is 13.9. The summed E-state index contributed by atoms with van der Waals surface area (Å²) in [5.41, 5.74) is 0.714. The highest BCUT2D eigenvalue weighted by molar-refractivity contribution is 5.92. The zero-order valence-corrected chi connectivity index (χ0v) is 11.3. The molecule has 0 unspecified atom stereocenters. The maximum atomic E-state index is 12.0. The molecule has 0 bridgehead atoms. The van der Waals surface area contributed by atoms with Gasteiger partial charge in [0.15, 0.2) is 5.82 Å². The number of hydrogen-bond acceptors (Lipinski definition) is 4. The van der Waals surface area contributed by atoms with E-state index in [1.165, 1.54) is 0 Å². The van der Waals surface area contributed by atoms with Gasteiger partial charge in [0.2, 0.25) is 5.91 Å². The number of amides is 1. The van der Waals surface area contributed by atoms with Gasteiger partial charge in [-0.25, -0.2) is 9.97 Å². The second-order valence-corrected chi connectivity index (χ2v) is 5.00. The average molecular weight is 271 g/mol. The van der Waals surface area contributed by atoms with Gasteiger partial charge in [0.05, 0.1) is 5.69 Å². The van der Waals surface area contributed by atoms with Crippen molar-refractivity contribution in [3.63, 3.8) is 0 Å². The molecule has 1 amide bonds. The van der Waals surface area contributed by atoms with E-state index in [2.05, 4.69) is 20.6 Å². The smallest absolute Gasteiger partial charge is 0.224 e. The van der Waals surface area contributed by atoms with Gasteiger partial charge in [-0.3, -0.25) is 9.36 Å². The molecule has 1 fully saturated rings. The lowest BCUT2D eigenvalue weighted by molar-refractivity contribution is -0.117. The largest absolute Gasteiger partial charge is 0.323 e. The maximum Gasteiger partial charge on any atom is 0.224 e. The van der Waals surface area contributed by atoms with Gasteiger partial charge in [0.1, 0.15) is 5.82 Å². The van der Waals surface area contributed by atoms with Gasteiger partial charge in [-0.05, 0) is 38.1 Å². The molecular weight excluding hydrogens is 254 g/mol. The van der Waals surface area contributed by atoms with Crippen molar-refractivity contribution in [1.82, 2.24) is 19.9 Å². The summed E-state index contributed by atoms with van der Waals surface area (Å²) in [6.07, 6.45) is 5.81. The highest BCUT2D eigenvalue weighted by atomic mass is 16.1. The second kappa shape index (κ2) is 5.42. The summed E-state index contributed by atoms with van der Waals surface area (Å²) < 4.78 is 1.86. The molecule has 3 rings (SSSR count). The average Bonchev–Trinajstić information content (AvgIpc) is 2.81. The molecule has 0 aliphatic carbocycles. The normalized spacial score (nSPS) is 14.8. The summed E-state index contributed by atoms with van der Waals surface area (Å²) in [7, 11) is 0. The van der Waals surface area contributed by atoms with Crippen molar-refractivity contribution >= 4 is 11.6 Å². The highest BCUT2D eigenvalue weighted by Crippen LogP contribution is 2.19. The van der Waals surface area contributed by atoms with E-state index in [1.807, 2.05) is 29.8 Å². The van der Waals surface area contributed by atoms with Gasteiger partial charge in [-0.15, -0.1) is 0 Å². The van der Waals surface area contributed by atoms with Crippen LogP contribution in [0.5, 0.6) is 0 Å². The van der Waals surface area contributed by atoms with Crippen LogP contribution in [-0.2, 0) is 4.79 Å². The van der Waals surface area contributed by atoms with Crippen molar-refractivity contribution < 1.29 is 4.79 Å². The van der Waals surface area contributed by atoms with E-state index in [0.717, 1.165) is 18.9 Å². The van der Waals surface area contributed by atoms with Crippen LogP contribution in [0.2, 0.25) is 0 Å². The van der Waals surface area contributed by atoms with Crippen LogP contribution in [0.25, 0.3) is 5.82 Å². The molecule has 6 nitrogen and oxygen atoms in total. The number of aryl methyl sites for hydroxylation is 1. The highest BCUT2D eigenvalue weighted by Gasteiger charge is 2.20. The first-order valence-electron chi connectivity index (χ1n) is 6.70. The van der Waals surface area contributed by atoms with Crippen molar-refractivity contribution in [3.8, 4) is 5.82 Å². The van der Waals surface area contributed by atoms with Crippen LogP contribution in [-0.4, -0.2) is 33.5 Å². The standard InChI is InChI=1S/C14H17N5O/c1-10-16-5-6-19(10)14-12(3-2-4-17-14)18-13(20)7-11-8-15-9-11/h2-6,11,15H,7-9H2,1H3,(H,18,20). The molecule has 20 heavy (non-hydrogen) atoms. The van der Waals surface area contributed by atoms with Crippen LogP contribution in [0.3, 0.4) is 0 Å². The van der Waals surface area contributed by atoms with Crippen molar-refractivity contribution in [2.75, 3.05) is 18.4 Å². The quantitative estimate of drug-likeness (QED) is 0.874. The van der Waals surface area contributed by atoms with Gasteiger partial charge in [0.25, 0.3) is 0 Å². The first kappa shape index (κ1) is 12.8. The van der Waals surface area contributed by atoms with E-state index in [1.54, 1.807) is 12.4 Å². The van der Waals surface area contributed by atoms with E-state index in [4.69, 9.17) is 0 Å². The third-order valence-corrected chi connectivity index (χ3v) is 3.45. The first-order chi connectivity index (χ1) is 9.74. The van der Waals surface area contributed by atoms with Crippen molar-refractivity contribution in [2.45, 2.75) is 13.3 Å². The third kappa shape index (κ3) is 2.55. The Bertz CT molecular complexity index is 618. The number of rotatable bonds is 4. The summed E-state index contributed by atoms with van der Waals surface area (Å²) in [4.78, 5) is 20.6. The molecule has 3 heterocycles. The lowest BCUT2D eigenvalue weighted by atomic mass is 9.99. The van der Waals surface area contributed by atoms with E-state index < -0.39 is 0 Å². The molecule has 0 atom stereocenters. The van der Waals surface area contributed by atoms with Gasteiger partial charge >= 0.3 is 0 Å². The Morgan fingerprint density at radius 3 is 2.95 bits per heavy atom. The first-order valence-corrected chi connectivity index (χ1v) is 6.70. The van der Waals surface area contributed by atoms with Crippen LogP contribution in [0.4, 0.5) is 5.69 Å². The molecule has 1 aliphatic rings. The predicted molar refractivity (Wildman–Crippen MR) is 75.7 cm³/mol. The SMILES string of the molecule is Cc1nccn1-c1ncccc1NC(=O)CC1CNC1. The van der Waals surface area contributed by atoms with Crippen LogP contribution < -0.4 is 10.6 Å². The minimum Gasteiger partial charge on any atom is -0.323 e. The summed E-state index contributed by atoms with van der Waals surface area (Å²) in [5, 5.41) is 6.11. The molecule has 0 saturated carbocycles. The van der Waals surface area contributed by atoms with E-state index in [-0.39, 0.29) is 5.91 Å². The summed E-state index contributed by atoms with van der Waals surface area (Å²) in [6, 6.07) is 3.68. The van der Waals surface area contributed by atoms with Gasteiger partial charge in [-0.2, -0.15) is 0 Å². The molecule has 6 heteroatoms. The fourth-order valence-corrected chi connectivity index (χ4v) is 2.24. The number of aromatic nitrogens is 3. The Kier molecular flexibility index (Phi) is 3.47. The Hall–Kier alpha value is -2.21. The van der Waals surface area contributed by atoms with E-state index >= 15 is 0 Å². The Labute approximate surface area is 117 Å². The van der Waals surface area contributed by atoms with E-state index in [9.17, 15) is 4.79 Å². The molecule has 1 aliphatic heterocycles. The van der Waals surface area contributed by atoms with Crippen LogP contribution in [0.15, 0.2) is 30.7 Å². The molecule has 0 aromatic carbocycles. The molecule has 2 N–H and O–H groups in total. The minimum atomic E-state index is 0.0310. The number of nitrogens with one attached hydrogen (secondary N) is 2. The number of nitrogens with zero attached hydrogens (tertiary/aromatic N) is 3. The van der Waals surface area contributed by atoms with Crippen LogP contribution in [0.1, 0.15) is 12.2 Å². The molecular formula is C14H17N5O. The Morgan fingerprint density at radius 1 is 1.45 bits per heavy atom. The van der Waals surface area contributed by atoms with Crippen molar-refractivity contribution in [1.29, 1.82) is 0 Å². The fourth-order valence-electron chi connectivity index (χ4n) is 2.24. The number of imidazole rings is 1. The fraction of sp³-hybridized carbons (Fsp3) is 0.357.